The topological polar surface area (TPSA) is 84.7 Å². The summed E-state index contributed by atoms with van der Waals surface area (Å²) in [6.07, 6.45) is -5.31. The average molecular weight is 254 g/mol. The van der Waals surface area contributed by atoms with Gasteiger partial charge in [0.2, 0.25) is 5.88 Å². The van der Waals surface area contributed by atoms with E-state index >= 15 is 0 Å². The number of methoxy groups -OCH3 is 2. The number of halogens is 3. The first-order valence-electron chi connectivity index (χ1n) is 4.21. The number of aromatic nitrogens is 2. The lowest BCUT2D eigenvalue weighted by Crippen LogP contribution is -2.42. The summed E-state index contributed by atoms with van der Waals surface area (Å²) in [7, 11) is 2.26. The van der Waals surface area contributed by atoms with Crippen LogP contribution in [-0.2, 0) is 5.79 Å². The van der Waals surface area contributed by atoms with Crippen LogP contribution in [0.3, 0.4) is 0 Å². The molecule has 0 atom stereocenters. The molecule has 9 heteroatoms. The minimum Gasteiger partial charge on any atom is -0.481 e. The first-order valence-corrected chi connectivity index (χ1v) is 4.21. The summed E-state index contributed by atoms with van der Waals surface area (Å²) in [4.78, 5) is 6.73. The third-order valence-electron chi connectivity index (χ3n) is 1.83. The molecular weight excluding hydrogens is 245 g/mol. The monoisotopic (exact) mass is 254 g/mol. The number of nitrogens with zero attached hydrogens (tertiary/aromatic N) is 2. The molecule has 96 valence electrons. The number of hydrogen-bond acceptors (Lipinski definition) is 6. The SMILES string of the molecule is COc1cc(C(O)(O)C(F)(F)F)nc(OC)n1. The Morgan fingerprint density at radius 3 is 2.12 bits per heavy atom. The third kappa shape index (κ3) is 2.56. The number of alkyl halides is 3. The number of hydrogen-bond donors (Lipinski definition) is 2. The van der Waals surface area contributed by atoms with Crippen molar-refractivity contribution in [2.45, 2.75) is 12.0 Å². The summed E-state index contributed by atoms with van der Waals surface area (Å²) in [6, 6.07) is 0.173. The van der Waals surface area contributed by atoms with Gasteiger partial charge in [0.05, 0.1) is 14.2 Å². The fourth-order valence-electron chi connectivity index (χ4n) is 0.923. The van der Waals surface area contributed by atoms with E-state index in [4.69, 9.17) is 10.2 Å². The van der Waals surface area contributed by atoms with Crippen LogP contribution in [0.4, 0.5) is 13.2 Å². The van der Waals surface area contributed by atoms with Crippen LogP contribution in [0.1, 0.15) is 5.69 Å². The summed E-state index contributed by atoms with van der Waals surface area (Å²) in [5.74, 6) is -4.39. The molecule has 0 amide bonds. The molecule has 1 heterocycles. The molecule has 0 aliphatic rings. The predicted molar refractivity (Wildman–Crippen MR) is 47.3 cm³/mol. The largest absolute Gasteiger partial charge is 0.481 e. The van der Waals surface area contributed by atoms with Crippen LogP contribution in [0.2, 0.25) is 0 Å². The Kier molecular flexibility index (Phi) is 3.43. The van der Waals surface area contributed by atoms with E-state index < -0.39 is 23.7 Å². The highest BCUT2D eigenvalue weighted by atomic mass is 19.4. The Balaban J connectivity index is 3.30. The molecular formula is C8H9F3N2O4. The van der Waals surface area contributed by atoms with Crippen molar-refractivity contribution in [2.24, 2.45) is 0 Å². The Hall–Kier alpha value is -1.61. The molecule has 1 aromatic rings. The summed E-state index contributed by atoms with van der Waals surface area (Å²) in [5, 5.41) is 18.0. The predicted octanol–water partition coefficient (Wildman–Crippen LogP) is 0.194. The van der Waals surface area contributed by atoms with E-state index in [9.17, 15) is 13.2 Å². The van der Waals surface area contributed by atoms with E-state index in [0.717, 1.165) is 14.2 Å². The summed E-state index contributed by atoms with van der Waals surface area (Å²) < 4.78 is 46.1. The molecule has 0 aliphatic heterocycles. The molecule has 0 aliphatic carbocycles. The Morgan fingerprint density at radius 1 is 1.12 bits per heavy atom. The van der Waals surface area contributed by atoms with Gasteiger partial charge in [-0.3, -0.25) is 0 Å². The molecule has 1 rings (SSSR count). The molecule has 0 unspecified atom stereocenters. The van der Waals surface area contributed by atoms with Crippen molar-refractivity contribution in [3.05, 3.63) is 11.8 Å². The molecule has 0 spiro atoms. The van der Waals surface area contributed by atoms with Gasteiger partial charge in [0.1, 0.15) is 5.69 Å². The van der Waals surface area contributed by atoms with Gasteiger partial charge >= 0.3 is 18.0 Å². The van der Waals surface area contributed by atoms with Crippen molar-refractivity contribution in [1.29, 1.82) is 0 Å². The highest BCUT2D eigenvalue weighted by Gasteiger charge is 2.56. The van der Waals surface area contributed by atoms with Crippen molar-refractivity contribution >= 4 is 0 Å². The molecule has 0 saturated heterocycles. The molecule has 0 aromatic carbocycles. The first-order chi connectivity index (χ1) is 7.72. The minimum atomic E-state index is -5.31. The molecule has 17 heavy (non-hydrogen) atoms. The van der Waals surface area contributed by atoms with E-state index in [-0.39, 0.29) is 5.88 Å². The molecule has 2 N–H and O–H groups in total. The van der Waals surface area contributed by atoms with Crippen molar-refractivity contribution in [3.8, 4) is 11.9 Å². The summed E-state index contributed by atoms with van der Waals surface area (Å²) >= 11 is 0. The van der Waals surface area contributed by atoms with Crippen molar-refractivity contribution in [3.63, 3.8) is 0 Å². The molecule has 1 aromatic heterocycles. The normalized spacial score (nSPS) is 12.4. The van der Waals surface area contributed by atoms with Gasteiger partial charge in [-0.2, -0.15) is 23.1 Å². The maximum absolute atomic E-state index is 12.3. The van der Waals surface area contributed by atoms with Crippen molar-refractivity contribution in [1.82, 2.24) is 9.97 Å². The standard InChI is InChI=1S/C8H9F3N2O4/c1-16-5-3-4(12-6(13-5)17-2)7(14,15)8(9,10)11/h3,14-15H,1-2H3. The number of rotatable bonds is 3. The number of aliphatic hydroxyl groups is 2. The van der Waals surface area contributed by atoms with Crippen LogP contribution in [0.15, 0.2) is 6.07 Å². The zero-order valence-corrected chi connectivity index (χ0v) is 8.82. The minimum absolute atomic E-state index is 0.288. The fourth-order valence-corrected chi connectivity index (χ4v) is 0.923. The van der Waals surface area contributed by atoms with Crippen LogP contribution < -0.4 is 9.47 Å². The summed E-state index contributed by atoms with van der Waals surface area (Å²) in [5.41, 5.74) is -1.09. The molecule has 0 fully saturated rings. The maximum atomic E-state index is 12.3. The Morgan fingerprint density at radius 2 is 1.71 bits per heavy atom. The quantitative estimate of drug-likeness (QED) is 0.749. The fraction of sp³-hybridized carbons (Fsp3) is 0.500. The Bertz CT molecular complexity index is 386. The van der Waals surface area contributed by atoms with E-state index in [1.165, 1.54) is 0 Å². The van der Waals surface area contributed by atoms with Crippen molar-refractivity contribution < 1.29 is 32.9 Å². The molecule has 0 bridgehead atoms. The highest BCUT2D eigenvalue weighted by Crippen LogP contribution is 2.36. The average Bonchev–Trinajstić information content (AvgIpc) is 2.26. The van der Waals surface area contributed by atoms with Gasteiger partial charge < -0.3 is 19.7 Å². The van der Waals surface area contributed by atoms with Gasteiger partial charge in [-0.1, -0.05) is 0 Å². The van der Waals surface area contributed by atoms with Crippen LogP contribution in [0, 0.1) is 0 Å². The van der Waals surface area contributed by atoms with Gasteiger partial charge in [-0.15, -0.1) is 0 Å². The maximum Gasteiger partial charge on any atom is 0.449 e. The lowest BCUT2D eigenvalue weighted by molar-refractivity contribution is -0.360. The summed E-state index contributed by atoms with van der Waals surface area (Å²) in [6.45, 7) is 0. The van der Waals surface area contributed by atoms with Gasteiger partial charge in [-0.05, 0) is 0 Å². The second-order valence-electron chi connectivity index (χ2n) is 2.95. The Labute approximate surface area is 93.6 Å². The van der Waals surface area contributed by atoms with Crippen LogP contribution >= 0.6 is 0 Å². The zero-order chi connectivity index (χ0) is 13.3. The lowest BCUT2D eigenvalue weighted by atomic mass is 10.2. The van der Waals surface area contributed by atoms with Crippen LogP contribution in [0.25, 0.3) is 0 Å². The van der Waals surface area contributed by atoms with Crippen LogP contribution in [-0.4, -0.2) is 40.6 Å². The van der Waals surface area contributed by atoms with E-state index in [2.05, 4.69) is 19.4 Å². The van der Waals surface area contributed by atoms with E-state index in [1.54, 1.807) is 0 Å². The van der Waals surface area contributed by atoms with Gasteiger partial charge in [-0.25, -0.2) is 0 Å². The van der Waals surface area contributed by atoms with Crippen LogP contribution in [0.5, 0.6) is 11.9 Å². The smallest absolute Gasteiger partial charge is 0.449 e. The number of ether oxygens (including phenoxy) is 2. The van der Waals surface area contributed by atoms with Gasteiger partial charge in [0.25, 0.3) is 0 Å². The van der Waals surface area contributed by atoms with E-state index in [1.807, 2.05) is 0 Å². The van der Waals surface area contributed by atoms with Crippen molar-refractivity contribution in [2.75, 3.05) is 14.2 Å². The second-order valence-corrected chi connectivity index (χ2v) is 2.95. The zero-order valence-electron chi connectivity index (χ0n) is 8.82. The van der Waals surface area contributed by atoms with Gasteiger partial charge in [0, 0.05) is 6.07 Å². The lowest BCUT2D eigenvalue weighted by Gasteiger charge is -2.23. The molecule has 0 radical (unpaired) electrons. The highest BCUT2D eigenvalue weighted by molar-refractivity contribution is 5.22. The van der Waals surface area contributed by atoms with Gasteiger partial charge in [0.15, 0.2) is 0 Å². The van der Waals surface area contributed by atoms with E-state index in [0.29, 0.717) is 6.07 Å². The first kappa shape index (κ1) is 13.5. The molecule has 0 saturated carbocycles. The third-order valence-corrected chi connectivity index (χ3v) is 1.83. The molecule has 6 nitrogen and oxygen atoms in total. The second kappa shape index (κ2) is 4.34.